The SMILES string of the molecule is COc1ccc(-c2noc(CCCC(=O)NCC3(C)CCNCC3)n2)cc1. The number of hydrogen-bond donors (Lipinski definition) is 2. The van der Waals surface area contributed by atoms with Crippen molar-refractivity contribution in [2.24, 2.45) is 5.41 Å². The summed E-state index contributed by atoms with van der Waals surface area (Å²) >= 11 is 0. The first-order valence-corrected chi connectivity index (χ1v) is 9.52. The third kappa shape index (κ3) is 5.53. The van der Waals surface area contributed by atoms with Gasteiger partial charge in [-0.25, -0.2) is 0 Å². The van der Waals surface area contributed by atoms with E-state index in [0.29, 0.717) is 31.0 Å². The first kappa shape index (κ1) is 19.4. The molecule has 1 fully saturated rings. The zero-order valence-corrected chi connectivity index (χ0v) is 16.1. The number of piperidine rings is 1. The van der Waals surface area contributed by atoms with Gasteiger partial charge in [-0.15, -0.1) is 0 Å². The van der Waals surface area contributed by atoms with Crippen LogP contribution in [-0.2, 0) is 11.2 Å². The maximum atomic E-state index is 12.1. The van der Waals surface area contributed by atoms with Crippen LogP contribution < -0.4 is 15.4 Å². The molecular formula is C20H28N4O3. The molecule has 7 nitrogen and oxygen atoms in total. The monoisotopic (exact) mass is 372 g/mol. The maximum Gasteiger partial charge on any atom is 0.226 e. The molecule has 1 saturated heterocycles. The summed E-state index contributed by atoms with van der Waals surface area (Å²) < 4.78 is 10.4. The number of ether oxygens (including phenoxy) is 1. The Bertz CT molecular complexity index is 736. The number of methoxy groups -OCH3 is 1. The Morgan fingerprint density at radius 2 is 2.04 bits per heavy atom. The number of benzene rings is 1. The molecule has 3 rings (SSSR count). The van der Waals surface area contributed by atoms with Crippen molar-refractivity contribution >= 4 is 5.91 Å². The fourth-order valence-electron chi connectivity index (χ4n) is 3.22. The molecular weight excluding hydrogens is 344 g/mol. The van der Waals surface area contributed by atoms with Crippen LogP contribution in [0.1, 0.15) is 38.5 Å². The van der Waals surface area contributed by atoms with E-state index in [2.05, 4.69) is 27.7 Å². The third-order valence-corrected chi connectivity index (χ3v) is 5.13. The summed E-state index contributed by atoms with van der Waals surface area (Å²) in [6.07, 6.45) is 3.95. The molecule has 0 saturated carbocycles. The Labute approximate surface area is 159 Å². The summed E-state index contributed by atoms with van der Waals surface area (Å²) in [7, 11) is 1.63. The van der Waals surface area contributed by atoms with E-state index in [1.54, 1.807) is 7.11 Å². The van der Waals surface area contributed by atoms with Crippen molar-refractivity contribution in [1.29, 1.82) is 0 Å². The summed E-state index contributed by atoms with van der Waals surface area (Å²) in [4.78, 5) is 16.5. The molecule has 0 aliphatic carbocycles. The van der Waals surface area contributed by atoms with Crippen LogP contribution in [0.2, 0.25) is 0 Å². The van der Waals surface area contributed by atoms with Crippen LogP contribution in [0.5, 0.6) is 5.75 Å². The van der Waals surface area contributed by atoms with E-state index in [1.807, 2.05) is 24.3 Å². The van der Waals surface area contributed by atoms with Crippen molar-refractivity contribution in [3.8, 4) is 17.1 Å². The smallest absolute Gasteiger partial charge is 0.226 e. The normalized spacial score (nSPS) is 16.1. The molecule has 0 radical (unpaired) electrons. The highest BCUT2D eigenvalue weighted by molar-refractivity contribution is 5.75. The van der Waals surface area contributed by atoms with Gasteiger partial charge < -0.3 is 19.9 Å². The van der Waals surface area contributed by atoms with Gasteiger partial charge in [0.1, 0.15) is 5.75 Å². The van der Waals surface area contributed by atoms with Crippen LogP contribution in [0.4, 0.5) is 0 Å². The zero-order valence-electron chi connectivity index (χ0n) is 16.1. The Morgan fingerprint density at radius 3 is 2.74 bits per heavy atom. The molecule has 27 heavy (non-hydrogen) atoms. The minimum atomic E-state index is 0.0876. The van der Waals surface area contributed by atoms with Crippen LogP contribution in [-0.4, -0.2) is 42.8 Å². The van der Waals surface area contributed by atoms with Crippen LogP contribution in [0.25, 0.3) is 11.4 Å². The summed E-state index contributed by atoms with van der Waals surface area (Å²) in [5.74, 6) is 1.98. The standard InChI is InChI=1S/C20H28N4O3/c1-20(10-12-21-13-11-20)14-22-17(25)4-3-5-18-23-19(24-27-18)15-6-8-16(26-2)9-7-15/h6-9,21H,3-5,10-14H2,1-2H3,(H,22,25). The minimum absolute atomic E-state index is 0.0876. The molecule has 1 amide bonds. The highest BCUT2D eigenvalue weighted by atomic mass is 16.5. The molecule has 2 aromatic rings. The lowest BCUT2D eigenvalue weighted by molar-refractivity contribution is -0.121. The van der Waals surface area contributed by atoms with Crippen LogP contribution in [0, 0.1) is 5.41 Å². The molecule has 2 N–H and O–H groups in total. The molecule has 0 unspecified atom stereocenters. The summed E-state index contributed by atoms with van der Waals surface area (Å²) in [5.41, 5.74) is 1.08. The van der Waals surface area contributed by atoms with Gasteiger partial charge in [-0.05, 0) is 62.0 Å². The molecule has 1 aromatic heterocycles. The van der Waals surface area contributed by atoms with Crippen molar-refractivity contribution < 1.29 is 14.1 Å². The first-order chi connectivity index (χ1) is 13.1. The molecule has 1 aliphatic heterocycles. The van der Waals surface area contributed by atoms with E-state index in [0.717, 1.165) is 43.8 Å². The van der Waals surface area contributed by atoms with Gasteiger partial charge in [0.2, 0.25) is 17.6 Å². The summed E-state index contributed by atoms with van der Waals surface area (Å²) in [6.45, 7) is 5.04. The number of aryl methyl sites for hydroxylation is 1. The van der Waals surface area contributed by atoms with E-state index in [9.17, 15) is 4.79 Å². The van der Waals surface area contributed by atoms with E-state index in [-0.39, 0.29) is 11.3 Å². The van der Waals surface area contributed by atoms with Gasteiger partial charge in [-0.3, -0.25) is 4.79 Å². The van der Waals surface area contributed by atoms with E-state index in [1.165, 1.54) is 0 Å². The molecule has 2 heterocycles. The minimum Gasteiger partial charge on any atom is -0.497 e. The van der Waals surface area contributed by atoms with Gasteiger partial charge in [0.05, 0.1) is 7.11 Å². The van der Waals surface area contributed by atoms with Gasteiger partial charge in [0, 0.05) is 24.9 Å². The second-order valence-corrected chi connectivity index (χ2v) is 7.43. The number of amides is 1. The fourth-order valence-corrected chi connectivity index (χ4v) is 3.22. The molecule has 146 valence electrons. The van der Waals surface area contributed by atoms with Crippen molar-refractivity contribution in [3.63, 3.8) is 0 Å². The van der Waals surface area contributed by atoms with Crippen molar-refractivity contribution in [2.75, 3.05) is 26.7 Å². The van der Waals surface area contributed by atoms with E-state index < -0.39 is 0 Å². The zero-order chi connectivity index (χ0) is 19.1. The molecule has 0 bridgehead atoms. The number of nitrogens with one attached hydrogen (secondary N) is 2. The quantitative estimate of drug-likeness (QED) is 0.740. The molecule has 1 aromatic carbocycles. The van der Waals surface area contributed by atoms with Crippen molar-refractivity contribution in [1.82, 2.24) is 20.8 Å². The van der Waals surface area contributed by atoms with Crippen LogP contribution >= 0.6 is 0 Å². The number of nitrogens with zero attached hydrogens (tertiary/aromatic N) is 2. The second-order valence-electron chi connectivity index (χ2n) is 7.43. The number of aromatic nitrogens is 2. The van der Waals surface area contributed by atoms with Gasteiger partial charge in [0.25, 0.3) is 0 Å². The Hall–Kier alpha value is -2.41. The highest BCUT2D eigenvalue weighted by Gasteiger charge is 2.26. The lowest BCUT2D eigenvalue weighted by Crippen LogP contribution is -2.42. The molecule has 7 heteroatoms. The largest absolute Gasteiger partial charge is 0.497 e. The maximum absolute atomic E-state index is 12.1. The molecule has 1 aliphatic rings. The third-order valence-electron chi connectivity index (χ3n) is 5.13. The van der Waals surface area contributed by atoms with Gasteiger partial charge in [-0.1, -0.05) is 12.1 Å². The lowest BCUT2D eigenvalue weighted by Gasteiger charge is -2.34. The topological polar surface area (TPSA) is 89.3 Å². The summed E-state index contributed by atoms with van der Waals surface area (Å²) in [5, 5.41) is 10.4. The van der Waals surface area contributed by atoms with Crippen LogP contribution in [0.15, 0.2) is 28.8 Å². The van der Waals surface area contributed by atoms with Gasteiger partial charge in [0.15, 0.2) is 0 Å². The fraction of sp³-hybridized carbons (Fsp3) is 0.550. The predicted molar refractivity (Wildman–Crippen MR) is 102 cm³/mol. The van der Waals surface area contributed by atoms with Gasteiger partial charge in [-0.2, -0.15) is 4.98 Å². The number of carbonyl (C=O) groups is 1. The number of carbonyl (C=O) groups excluding carboxylic acids is 1. The Morgan fingerprint density at radius 1 is 1.30 bits per heavy atom. The van der Waals surface area contributed by atoms with E-state index >= 15 is 0 Å². The summed E-state index contributed by atoms with van der Waals surface area (Å²) in [6, 6.07) is 7.50. The average Bonchev–Trinajstić information content (AvgIpc) is 3.16. The molecule has 0 atom stereocenters. The van der Waals surface area contributed by atoms with Crippen LogP contribution in [0.3, 0.4) is 0 Å². The van der Waals surface area contributed by atoms with E-state index in [4.69, 9.17) is 9.26 Å². The second kappa shape index (κ2) is 8.99. The lowest BCUT2D eigenvalue weighted by atomic mass is 9.81. The Balaban J connectivity index is 1.41. The van der Waals surface area contributed by atoms with Crippen molar-refractivity contribution in [2.45, 2.75) is 39.0 Å². The molecule has 0 spiro atoms. The Kier molecular flexibility index (Phi) is 6.45. The predicted octanol–water partition coefficient (Wildman–Crippen LogP) is 2.57. The highest BCUT2D eigenvalue weighted by Crippen LogP contribution is 2.26. The first-order valence-electron chi connectivity index (χ1n) is 9.52. The number of rotatable bonds is 8. The average molecular weight is 372 g/mol. The number of hydrogen-bond acceptors (Lipinski definition) is 6. The van der Waals surface area contributed by atoms with Crippen molar-refractivity contribution in [3.05, 3.63) is 30.2 Å². The van der Waals surface area contributed by atoms with Gasteiger partial charge >= 0.3 is 0 Å².